The molecular weight excluding hydrogens is 290 g/mol. The summed E-state index contributed by atoms with van der Waals surface area (Å²) >= 11 is 5.06. The van der Waals surface area contributed by atoms with Crippen LogP contribution in [0.25, 0.3) is 0 Å². The van der Waals surface area contributed by atoms with Crippen molar-refractivity contribution < 1.29 is 9.90 Å². The van der Waals surface area contributed by atoms with E-state index >= 15 is 0 Å². The van der Waals surface area contributed by atoms with Gasteiger partial charge in [0.1, 0.15) is 0 Å². The zero-order chi connectivity index (χ0) is 12.2. The summed E-state index contributed by atoms with van der Waals surface area (Å²) in [5.41, 5.74) is 0.576. The van der Waals surface area contributed by atoms with Gasteiger partial charge in [-0.15, -0.1) is 11.3 Å². The smallest absolute Gasteiger partial charge is 0.309 e. The zero-order valence-electron chi connectivity index (χ0n) is 9.42. The highest BCUT2D eigenvalue weighted by Crippen LogP contribution is 2.21. The molecule has 16 heavy (non-hydrogen) atoms. The minimum absolute atomic E-state index is 0.633. The van der Waals surface area contributed by atoms with Crippen LogP contribution in [0.4, 0.5) is 0 Å². The van der Waals surface area contributed by atoms with Crippen molar-refractivity contribution in [2.24, 2.45) is 5.41 Å². The zero-order valence-corrected chi connectivity index (χ0v) is 11.8. The van der Waals surface area contributed by atoms with Crippen molar-refractivity contribution in [2.75, 3.05) is 6.54 Å². The second kappa shape index (κ2) is 5.80. The number of carboxylic acids is 1. The monoisotopic (exact) mass is 305 g/mol. The lowest BCUT2D eigenvalue weighted by molar-refractivity contribution is -0.147. The molecule has 0 aliphatic rings. The summed E-state index contributed by atoms with van der Waals surface area (Å²) in [6.07, 6.45) is 0.633. The van der Waals surface area contributed by atoms with Gasteiger partial charge in [-0.2, -0.15) is 0 Å². The van der Waals surface area contributed by atoms with Gasteiger partial charge in [0, 0.05) is 6.54 Å². The molecule has 0 unspecified atom stereocenters. The topological polar surface area (TPSA) is 49.3 Å². The van der Waals surface area contributed by atoms with E-state index in [1.807, 2.05) is 0 Å². The third-order valence-corrected chi connectivity index (χ3v) is 4.01. The van der Waals surface area contributed by atoms with Gasteiger partial charge in [0.25, 0.3) is 0 Å². The van der Waals surface area contributed by atoms with E-state index in [1.165, 1.54) is 5.56 Å². The van der Waals surface area contributed by atoms with Gasteiger partial charge in [0.05, 0.1) is 9.20 Å². The summed E-state index contributed by atoms with van der Waals surface area (Å²) < 4.78 is 1.12. The van der Waals surface area contributed by atoms with E-state index in [2.05, 4.69) is 32.7 Å². The third kappa shape index (κ3) is 4.23. The summed E-state index contributed by atoms with van der Waals surface area (Å²) in [4.78, 5) is 10.9. The quantitative estimate of drug-likeness (QED) is 0.794. The lowest BCUT2D eigenvalue weighted by atomic mass is 9.90. The van der Waals surface area contributed by atoms with Crippen LogP contribution in [0.5, 0.6) is 0 Å². The fourth-order valence-electron chi connectivity index (χ4n) is 1.18. The first-order valence-corrected chi connectivity index (χ1v) is 6.76. The molecule has 1 rings (SSSR count). The Labute approximate surface area is 108 Å². The van der Waals surface area contributed by atoms with Crippen molar-refractivity contribution in [3.63, 3.8) is 0 Å². The van der Waals surface area contributed by atoms with Crippen LogP contribution in [0.15, 0.2) is 15.2 Å². The molecule has 90 valence electrons. The van der Waals surface area contributed by atoms with Gasteiger partial charge in [-0.05, 0) is 59.8 Å². The van der Waals surface area contributed by atoms with Crippen LogP contribution >= 0.6 is 27.3 Å². The molecule has 0 aliphatic carbocycles. The molecule has 0 atom stereocenters. The van der Waals surface area contributed by atoms with E-state index in [4.69, 9.17) is 5.11 Å². The first-order chi connectivity index (χ1) is 7.42. The second-order valence-corrected chi connectivity index (χ2v) is 6.67. The molecule has 0 bridgehead atoms. The number of hydrogen-bond donors (Lipinski definition) is 2. The second-order valence-electron chi connectivity index (χ2n) is 4.37. The van der Waals surface area contributed by atoms with Crippen LogP contribution in [0, 0.1) is 5.41 Å². The fourth-order valence-corrected chi connectivity index (χ4v) is 2.39. The molecule has 0 saturated heterocycles. The molecule has 2 N–H and O–H groups in total. The molecular formula is C11H16BrNO2S. The summed E-state index contributed by atoms with van der Waals surface area (Å²) in [5, 5.41) is 14.3. The number of carbonyl (C=O) groups is 1. The molecule has 0 radical (unpaired) electrons. The lowest BCUT2D eigenvalue weighted by Gasteiger charge is -2.18. The minimum atomic E-state index is -0.743. The van der Waals surface area contributed by atoms with Crippen LogP contribution in [0.2, 0.25) is 0 Å². The van der Waals surface area contributed by atoms with Crippen molar-refractivity contribution in [3.8, 4) is 0 Å². The average Bonchev–Trinajstić information content (AvgIpc) is 2.59. The van der Waals surface area contributed by atoms with Crippen molar-refractivity contribution in [1.29, 1.82) is 0 Å². The molecule has 1 aromatic rings. The summed E-state index contributed by atoms with van der Waals surface area (Å²) in [7, 11) is 0. The van der Waals surface area contributed by atoms with Crippen LogP contribution in [-0.2, 0) is 11.3 Å². The summed E-state index contributed by atoms with van der Waals surface area (Å²) in [6, 6.07) is 2.07. The van der Waals surface area contributed by atoms with Gasteiger partial charge in [-0.1, -0.05) is 0 Å². The Morgan fingerprint density at radius 3 is 2.81 bits per heavy atom. The number of aliphatic carboxylic acids is 1. The number of halogens is 1. The van der Waals surface area contributed by atoms with Gasteiger partial charge < -0.3 is 10.4 Å². The highest BCUT2D eigenvalue weighted by atomic mass is 79.9. The van der Waals surface area contributed by atoms with Gasteiger partial charge >= 0.3 is 5.97 Å². The predicted octanol–water partition coefficient (Wildman–Crippen LogP) is 3.10. The van der Waals surface area contributed by atoms with Crippen LogP contribution in [0.3, 0.4) is 0 Å². The molecule has 0 amide bonds. The van der Waals surface area contributed by atoms with Gasteiger partial charge in [-0.3, -0.25) is 4.79 Å². The number of thiophene rings is 1. The molecule has 0 spiro atoms. The Hall–Kier alpha value is -0.390. The highest BCUT2D eigenvalue weighted by molar-refractivity contribution is 9.11. The van der Waals surface area contributed by atoms with Crippen molar-refractivity contribution in [2.45, 2.75) is 26.8 Å². The van der Waals surface area contributed by atoms with E-state index in [0.29, 0.717) is 13.0 Å². The number of hydrogen-bond acceptors (Lipinski definition) is 3. The fraction of sp³-hybridized carbons (Fsp3) is 0.545. The Bertz CT molecular complexity index is 363. The van der Waals surface area contributed by atoms with Crippen molar-refractivity contribution in [1.82, 2.24) is 5.32 Å². The van der Waals surface area contributed by atoms with Gasteiger partial charge in [-0.25, -0.2) is 0 Å². The maximum Gasteiger partial charge on any atom is 0.309 e. The SMILES string of the molecule is CC(C)(CCNCc1csc(Br)c1)C(=O)O. The van der Waals surface area contributed by atoms with Crippen LogP contribution in [0.1, 0.15) is 25.8 Å². The van der Waals surface area contributed by atoms with E-state index in [0.717, 1.165) is 10.3 Å². The largest absolute Gasteiger partial charge is 0.481 e. The van der Waals surface area contributed by atoms with Gasteiger partial charge in [0.2, 0.25) is 0 Å². The van der Waals surface area contributed by atoms with E-state index < -0.39 is 11.4 Å². The average molecular weight is 306 g/mol. The molecule has 1 heterocycles. The summed E-state index contributed by atoms with van der Waals surface area (Å²) in [6.45, 7) is 5.00. The highest BCUT2D eigenvalue weighted by Gasteiger charge is 2.25. The lowest BCUT2D eigenvalue weighted by Crippen LogP contribution is -2.28. The molecule has 0 aliphatic heterocycles. The maximum absolute atomic E-state index is 10.9. The Morgan fingerprint density at radius 2 is 2.31 bits per heavy atom. The number of carboxylic acid groups (broad SMARTS) is 1. The molecule has 0 saturated carbocycles. The normalized spacial score (nSPS) is 11.7. The van der Waals surface area contributed by atoms with Crippen LogP contribution < -0.4 is 5.32 Å². The molecule has 3 nitrogen and oxygen atoms in total. The first kappa shape index (κ1) is 13.7. The Kier molecular flexibility index (Phi) is 4.95. The van der Waals surface area contributed by atoms with E-state index in [1.54, 1.807) is 25.2 Å². The van der Waals surface area contributed by atoms with E-state index in [9.17, 15) is 4.79 Å². The molecule has 1 aromatic heterocycles. The number of rotatable bonds is 6. The standard InChI is InChI=1S/C11H16BrNO2S/c1-11(2,10(14)15)3-4-13-6-8-5-9(12)16-7-8/h5,7,13H,3-4,6H2,1-2H3,(H,14,15). The summed E-state index contributed by atoms with van der Waals surface area (Å²) in [5.74, 6) is -0.743. The minimum Gasteiger partial charge on any atom is -0.481 e. The third-order valence-electron chi connectivity index (χ3n) is 2.46. The van der Waals surface area contributed by atoms with Crippen molar-refractivity contribution >= 4 is 33.2 Å². The number of nitrogens with one attached hydrogen (secondary N) is 1. The molecule has 0 fully saturated rings. The van der Waals surface area contributed by atoms with E-state index in [-0.39, 0.29) is 0 Å². The van der Waals surface area contributed by atoms with Crippen LogP contribution in [-0.4, -0.2) is 17.6 Å². The van der Waals surface area contributed by atoms with Gasteiger partial charge in [0.15, 0.2) is 0 Å². The molecule has 0 aromatic carbocycles. The Morgan fingerprint density at radius 1 is 1.62 bits per heavy atom. The predicted molar refractivity (Wildman–Crippen MR) is 69.8 cm³/mol. The first-order valence-electron chi connectivity index (χ1n) is 5.09. The Balaban J connectivity index is 2.24. The van der Waals surface area contributed by atoms with Crippen molar-refractivity contribution in [3.05, 3.63) is 20.8 Å². The maximum atomic E-state index is 10.9. The molecule has 5 heteroatoms.